The number of halogens is 2. The van der Waals surface area contributed by atoms with E-state index in [-0.39, 0.29) is 11.8 Å². The largest absolute Gasteiger partial charge is 0.355 e. The fourth-order valence-electron chi connectivity index (χ4n) is 1.77. The first kappa shape index (κ1) is 15.4. The van der Waals surface area contributed by atoms with Crippen LogP contribution in [-0.2, 0) is 0 Å². The molecule has 0 aliphatic carbocycles. The van der Waals surface area contributed by atoms with Crippen molar-refractivity contribution in [3.05, 3.63) is 63.6 Å². The third-order valence-corrected chi connectivity index (χ3v) is 3.17. The second-order valence-corrected chi connectivity index (χ2v) is 5.15. The minimum absolute atomic E-state index is 0.225. The lowest BCUT2D eigenvalue weighted by Crippen LogP contribution is -2.18. The Balaban J connectivity index is 2.21. The van der Waals surface area contributed by atoms with Crippen LogP contribution in [0.2, 0.25) is 10.0 Å². The van der Waals surface area contributed by atoms with E-state index in [1.807, 2.05) is 0 Å². The molecule has 2 N–H and O–H groups in total. The molecule has 21 heavy (non-hydrogen) atoms. The van der Waals surface area contributed by atoms with Gasteiger partial charge in [-0.2, -0.15) is 0 Å². The summed E-state index contributed by atoms with van der Waals surface area (Å²) in [6.45, 7) is 0. The summed E-state index contributed by atoms with van der Waals surface area (Å²) in [5.74, 6) is -0.578. The van der Waals surface area contributed by atoms with E-state index in [1.54, 1.807) is 37.4 Å². The van der Waals surface area contributed by atoms with Crippen molar-refractivity contribution in [2.24, 2.45) is 0 Å². The fraction of sp³-hybridized carbons (Fsp3) is 0.0667. The molecule has 0 atom stereocenters. The van der Waals surface area contributed by atoms with Crippen molar-refractivity contribution in [1.29, 1.82) is 0 Å². The Hall–Kier alpha value is -2.04. The van der Waals surface area contributed by atoms with E-state index >= 15 is 0 Å². The molecular weight excluding hydrogens is 311 g/mol. The summed E-state index contributed by atoms with van der Waals surface area (Å²) in [5.41, 5.74) is 1.31. The van der Waals surface area contributed by atoms with Gasteiger partial charge in [0.2, 0.25) is 0 Å². The van der Waals surface area contributed by atoms with E-state index in [1.165, 1.54) is 12.1 Å². The molecule has 2 aromatic carbocycles. The van der Waals surface area contributed by atoms with Crippen molar-refractivity contribution in [1.82, 2.24) is 5.32 Å². The number of amides is 2. The minimum Gasteiger partial charge on any atom is -0.355 e. The lowest BCUT2D eigenvalue weighted by Gasteiger charge is -2.08. The normalized spacial score (nSPS) is 10.0. The Bertz CT molecular complexity index is 682. The molecule has 108 valence electrons. The number of carbonyl (C=O) groups is 2. The molecule has 0 spiro atoms. The third kappa shape index (κ3) is 3.97. The van der Waals surface area contributed by atoms with Crippen molar-refractivity contribution in [3.63, 3.8) is 0 Å². The second-order valence-electron chi connectivity index (χ2n) is 4.27. The van der Waals surface area contributed by atoms with Crippen molar-refractivity contribution in [2.45, 2.75) is 0 Å². The number of nitrogens with one attached hydrogen (secondary N) is 2. The summed E-state index contributed by atoms with van der Waals surface area (Å²) in [6, 6.07) is 11.2. The molecule has 0 aliphatic heterocycles. The van der Waals surface area contributed by atoms with Crippen LogP contribution < -0.4 is 10.6 Å². The maximum Gasteiger partial charge on any atom is 0.255 e. The standard InChI is InChI=1S/C15H12Cl2N2O2/c1-18-14(20)9-3-2-4-13(7-9)19-15(21)10-5-11(16)8-12(17)6-10/h2-8H,1H3,(H,18,20)(H,19,21). The lowest BCUT2D eigenvalue weighted by atomic mass is 10.1. The minimum atomic E-state index is -0.353. The van der Waals surface area contributed by atoms with Crippen LogP contribution in [0.1, 0.15) is 20.7 Å². The highest BCUT2D eigenvalue weighted by Gasteiger charge is 2.10. The van der Waals surface area contributed by atoms with E-state index in [0.717, 1.165) is 0 Å². The zero-order valence-electron chi connectivity index (χ0n) is 11.1. The first-order valence-electron chi connectivity index (χ1n) is 6.09. The van der Waals surface area contributed by atoms with Crippen molar-refractivity contribution >= 4 is 40.7 Å². The lowest BCUT2D eigenvalue weighted by molar-refractivity contribution is 0.0961. The Kier molecular flexibility index (Phi) is 4.83. The molecule has 2 amide bonds. The van der Waals surface area contributed by atoms with Gasteiger partial charge in [0, 0.05) is 33.9 Å². The SMILES string of the molecule is CNC(=O)c1cccc(NC(=O)c2cc(Cl)cc(Cl)c2)c1. The first-order chi connectivity index (χ1) is 9.99. The molecular formula is C15H12Cl2N2O2. The monoisotopic (exact) mass is 322 g/mol. The van der Waals surface area contributed by atoms with Crippen LogP contribution >= 0.6 is 23.2 Å². The zero-order chi connectivity index (χ0) is 15.4. The van der Waals surface area contributed by atoms with Crippen LogP contribution in [0.5, 0.6) is 0 Å². The Morgan fingerprint density at radius 2 is 1.57 bits per heavy atom. The topological polar surface area (TPSA) is 58.2 Å². The van der Waals surface area contributed by atoms with Crippen LogP contribution in [-0.4, -0.2) is 18.9 Å². The maximum absolute atomic E-state index is 12.1. The predicted molar refractivity (Wildman–Crippen MR) is 84.2 cm³/mol. The summed E-state index contributed by atoms with van der Waals surface area (Å²) in [7, 11) is 1.54. The van der Waals surface area contributed by atoms with Crippen LogP contribution in [0, 0.1) is 0 Å². The van der Waals surface area contributed by atoms with Gasteiger partial charge in [0.25, 0.3) is 11.8 Å². The number of anilines is 1. The average molecular weight is 323 g/mol. The van der Waals surface area contributed by atoms with Crippen molar-refractivity contribution < 1.29 is 9.59 Å². The summed E-state index contributed by atoms with van der Waals surface area (Å²) in [6.07, 6.45) is 0. The zero-order valence-corrected chi connectivity index (χ0v) is 12.6. The van der Waals surface area contributed by atoms with E-state index in [2.05, 4.69) is 10.6 Å². The summed E-state index contributed by atoms with van der Waals surface area (Å²) in [5, 5.41) is 5.98. The Morgan fingerprint density at radius 3 is 2.19 bits per heavy atom. The molecule has 4 nitrogen and oxygen atoms in total. The highest BCUT2D eigenvalue weighted by molar-refractivity contribution is 6.35. The van der Waals surface area contributed by atoms with Gasteiger partial charge in [-0.05, 0) is 36.4 Å². The number of benzene rings is 2. The molecule has 0 saturated carbocycles. The average Bonchev–Trinajstić information content (AvgIpc) is 2.45. The van der Waals surface area contributed by atoms with Crippen LogP contribution in [0.25, 0.3) is 0 Å². The van der Waals surface area contributed by atoms with Gasteiger partial charge in [-0.15, -0.1) is 0 Å². The van der Waals surface area contributed by atoms with Crippen LogP contribution in [0.4, 0.5) is 5.69 Å². The highest BCUT2D eigenvalue weighted by Crippen LogP contribution is 2.20. The van der Waals surface area contributed by atoms with E-state index in [4.69, 9.17) is 23.2 Å². The van der Waals surface area contributed by atoms with Gasteiger partial charge in [-0.1, -0.05) is 29.3 Å². The van der Waals surface area contributed by atoms with E-state index < -0.39 is 0 Å². The van der Waals surface area contributed by atoms with Gasteiger partial charge in [-0.25, -0.2) is 0 Å². The predicted octanol–water partition coefficient (Wildman–Crippen LogP) is 3.61. The quantitative estimate of drug-likeness (QED) is 0.907. The first-order valence-corrected chi connectivity index (χ1v) is 6.85. The Labute approximate surface area is 132 Å². The molecule has 2 aromatic rings. The summed E-state index contributed by atoms with van der Waals surface area (Å²) < 4.78 is 0. The third-order valence-electron chi connectivity index (χ3n) is 2.73. The Morgan fingerprint density at radius 1 is 0.905 bits per heavy atom. The van der Waals surface area contributed by atoms with Crippen LogP contribution in [0.15, 0.2) is 42.5 Å². The number of hydrogen-bond donors (Lipinski definition) is 2. The molecule has 0 saturated heterocycles. The van der Waals surface area contributed by atoms with Crippen LogP contribution in [0.3, 0.4) is 0 Å². The molecule has 0 radical (unpaired) electrons. The van der Waals surface area contributed by atoms with Gasteiger partial charge in [-0.3, -0.25) is 9.59 Å². The van der Waals surface area contributed by atoms with Crippen molar-refractivity contribution in [3.8, 4) is 0 Å². The number of hydrogen-bond acceptors (Lipinski definition) is 2. The smallest absolute Gasteiger partial charge is 0.255 e. The molecule has 0 aliphatic rings. The van der Waals surface area contributed by atoms with Gasteiger partial charge in [0.1, 0.15) is 0 Å². The van der Waals surface area contributed by atoms with Gasteiger partial charge in [0.15, 0.2) is 0 Å². The van der Waals surface area contributed by atoms with E-state index in [0.29, 0.717) is 26.9 Å². The maximum atomic E-state index is 12.1. The molecule has 0 bridgehead atoms. The molecule has 6 heteroatoms. The van der Waals surface area contributed by atoms with Gasteiger partial charge in [0.05, 0.1) is 0 Å². The highest BCUT2D eigenvalue weighted by atomic mass is 35.5. The molecule has 0 heterocycles. The molecule has 0 aromatic heterocycles. The number of carbonyl (C=O) groups excluding carboxylic acids is 2. The molecule has 0 fully saturated rings. The van der Waals surface area contributed by atoms with Gasteiger partial charge < -0.3 is 10.6 Å². The molecule has 0 unspecified atom stereocenters. The van der Waals surface area contributed by atoms with Gasteiger partial charge >= 0.3 is 0 Å². The van der Waals surface area contributed by atoms with Crippen molar-refractivity contribution in [2.75, 3.05) is 12.4 Å². The fourth-order valence-corrected chi connectivity index (χ4v) is 2.30. The molecule has 2 rings (SSSR count). The summed E-state index contributed by atoms with van der Waals surface area (Å²) >= 11 is 11.7. The van der Waals surface area contributed by atoms with E-state index in [9.17, 15) is 9.59 Å². The number of rotatable bonds is 3. The second kappa shape index (κ2) is 6.61. The summed E-state index contributed by atoms with van der Waals surface area (Å²) in [4.78, 5) is 23.7.